The number of fused-ring (bicyclic) bond motifs is 1. The maximum Gasteiger partial charge on any atom is 0.387 e. The minimum absolute atomic E-state index is 0.0653. The van der Waals surface area contributed by atoms with Crippen LogP contribution < -0.4 is 16.0 Å². The largest absolute Gasteiger partial charge is 0.434 e. The number of alkyl halides is 2. The van der Waals surface area contributed by atoms with Gasteiger partial charge in [-0.25, -0.2) is 12.7 Å². The number of aromatic amines is 2. The van der Waals surface area contributed by atoms with Gasteiger partial charge in [0.25, 0.3) is 5.56 Å². The van der Waals surface area contributed by atoms with Crippen molar-refractivity contribution in [3.05, 3.63) is 58.9 Å². The Bertz CT molecular complexity index is 1500. The predicted molar refractivity (Wildman–Crippen MR) is 120 cm³/mol. The molecule has 172 valence electrons. The van der Waals surface area contributed by atoms with Gasteiger partial charge in [-0.1, -0.05) is 30.3 Å². The van der Waals surface area contributed by atoms with E-state index in [1.54, 1.807) is 18.2 Å². The summed E-state index contributed by atoms with van der Waals surface area (Å²) in [5.41, 5.74) is 6.56. The zero-order valence-corrected chi connectivity index (χ0v) is 18.3. The summed E-state index contributed by atoms with van der Waals surface area (Å²) < 4.78 is 56.6. The second-order valence-electron chi connectivity index (χ2n) is 7.24. The van der Waals surface area contributed by atoms with Crippen LogP contribution in [0.1, 0.15) is 0 Å². The molecule has 0 saturated heterocycles. The summed E-state index contributed by atoms with van der Waals surface area (Å²) in [6.07, 6.45) is 0. The SMILES string of the molecule is CN(C)S(=O)(=O)c1ccc(-c2[nH]c3nc(N)[nH]c(=O)c3c2-c2ccccc2OC(F)F)cc1. The first-order chi connectivity index (χ1) is 15.6. The quantitative estimate of drug-likeness (QED) is 0.392. The van der Waals surface area contributed by atoms with Crippen LogP contribution in [0.25, 0.3) is 33.4 Å². The molecule has 0 unspecified atom stereocenters. The van der Waals surface area contributed by atoms with Crippen LogP contribution >= 0.6 is 0 Å². The van der Waals surface area contributed by atoms with E-state index in [1.165, 1.54) is 44.4 Å². The second-order valence-corrected chi connectivity index (χ2v) is 9.39. The predicted octanol–water partition coefficient (Wildman–Crippen LogP) is 3.02. The topological polar surface area (TPSA) is 134 Å². The highest BCUT2D eigenvalue weighted by atomic mass is 32.2. The van der Waals surface area contributed by atoms with Crippen LogP contribution in [0.2, 0.25) is 0 Å². The Morgan fingerprint density at radius 3 is 2.36 bits per heavy atom. The molecular formula is C21H19F2N5O4S. The number of aromatic nitrogens is 3. The number of nitrogens with zero attached hydrogens (tertiary/aromatic N) is 2. The Labute approximate surface area is 186 Å². The van der Waals surface area contributed by atoms with Crippen molar-refractivity contribution in [2.45, 2.75) is 11.5 Å². The van der Waals surface area contributed by atoms with E-state index in [2.05, 4.69) is 19.7 Å². The number of ether oxygens (including phenoxy) is 1. The van der Waals surface area contributed by atoms with Crippen molar-refractivity contribution in [3.63, 3.8) is 0 Å². The number of rotatable bonds is 6. The van der Waals surface area contributed by atoms with E-state index in [9.17, 15) is 22.0 Å². The number of para-hydroxylation sites is 1. The number of benzene rings is 2. The van der Waals surface area contributed by atoms with Gasteiger partial charge in [0.1, 0.15) is 11.4 Å². The summed E-state index contributed by atoms with van der Waals surface area (Å²) in [5.74, 6) is -0.269. The highest BCUT2D eigenvalue weighted by Crippen LogP contribution is 2.41. The lowest BCUT2D eigenvalue weighted by atomic mass is 9.98. The van der Waals surface area contributed by atoms with Gasteiger partial charge in [-0.05, 0) is 23.8 Å². The lowest BCUT2D eigenvalue weighted by Gasteiger charge is -2.13. The lowest BCUT2D eigenvalue weighted by Crippen LogP contribution is -2.22. The fraction of sp³-hybridized carbons (Fsp3) is 0.143. The first-order valence-corrected chi connectivity index (χ1v) is 11.0. The molecule has 2 heterocycles. The number of nitrogens with one attached hydrogen (secondary N) is 2. The van der Waals surface area contributed by atoms with Crippen molar-refractivity contribution in [2.75, 3.05) is 19.8 Å². The molecule has 4 rings (SSSR count). The molecule has 0 aliphatic heterocycles. The summed E-state index contributed by atoms with van der Waals surface area (Å²) >= 11 is 0. The van der Waals surface area contributed by atoms with Gasteiger partial charge in [-0.3, -0.25) is 9.78 Å². The number of nitrogen functional groups attached to an aromatic ring is 1. The van der Waals surface area contributed by atoms with Crippen molar-refractivity contribution in [2.24, 2.45) is 0 Å². The highest BCUT2D eigenvalue weighted by Gasteiger charge is 2.24. The molecule has 0 aliphatic rings. The minimum Gasteiger partial charge on any atom is -0.434 e. The summed E-state index contributed by atoms with van der Waals surface area (Å²) in [5, 5.41) is 0.0921. The summed E-state index contributed by atoms with van der Waals surface area (Å²) in [6.45, 7) is -3.08. The van der Waals surface area contributed by atoms with Crippen LogP contribution in [0.4, 0.5) is 14.7 Å². The number of halogens is 2. The number of nitrogens with two attached hydrogens (primary N) is 1. The number of hydrogen-bond acceptors (Lipinski definition) is 6. The molecular weight excluding hydrogens is 456 g/mol. The normalized spacial score (nSPS) is 12.1. The average Bonchev–Trinajstić information content (AvgIpc) is 3.13. The van der Waals surface area contributed by atoms with Gasteiger partial charge in [-0.2, -0.15) is 13.8 Å². The molecule has 0 atom stereocenters. The Balaban J connectivity index is 2.00. The lowest BCUT2D eigenvalue weighted by molar-refractivity contribution is -0.0494. The van der Waals surface area contributed by atoms with Crippen molar-refractivity contribution < 1.29 is 21.9 Å². The summed E-state index contributed by atoms with van der Waals surface area (Å²) in [4.78, 5) is 22.4. The van der Waals surface area contributed by atoms with Crippen molar-refractivity contribution >= 4 is 27.0 Å². The van der Waals surface area contributed by atoms with E-state index in [-0.39, 0.29) is 38.8 Å². The van der Waals surface area contributed by atoms with E-state index < -0.39 is 22.2 Å². The molecule has 0 radical (unpaired) electrons. The first kappa shape index (κ1) is 22.4. The number of H-pyrrole nitrogens is 2. The second kappa shape index (κ2) is 8.30. The third kappa shape index (κ3) is 4.05. The van der Waals surface area contributed by atoms with Gasteiger partial charge in [0, 0.05) is 25.2 Å². The van der Waals surface area contributed by atoms with Crippen LogP contribution in [-0.4, -0.2) is 48.4 Å². The highest BCUT2D eigenvalue weighted by molar-refractivity contribution is 7.89. The molecule has 33 heavy (non-hydrogen) atoms. The number of sulfonamides is 1. The third-order valence-electron chi connectivity index (χ3n) is 4.98. The minimum atomic E-state index is -3.66. The first-order valence-electron chi connectivity index (χ1n) is 9.58. The zero-order valence-electron chi connectivity index (χ0n) is 17.5. The van der Waals surface area contributed by atoms with Gasteiger partial charge in [0.2, 0.25) is 16.0 Å². The Hall–Kier alpha value is -3.77. The van der Waals surface area contributed by atoms with E-state index in [0.29, 0.717) is 11.3 Å². The molecule has 4 aromatic rings. The van der Waals surface area contributed by atoms with Crippen LogP contribution in [0, 0.1) is 0 Å². The van der Waals surface area contributed by atoms with E-state index in [4.69, 9.17) is 5.73 Å². The smallest absolute Gasteiger partial charge is 0.387 e. The van der Waals surface area contributed by atoms with Gasteiger partial charge in [-0.15, -0.1) is 0 Å². The van der Waals surface area contributed by atoms with Crippen molar-refractivity contribution in [3.8, 4) is 28.1 Å². The molecule has 0 bridgehead atoms. The third-order valence-corrected chi connectivity index (χ3v) is 6.80. The van der Waals surface area contributed by atoms with E-state index in [1.807, 2.05) is 0 Å². The monoisotopic (exact) mass is 475 g/mol. The van der Waals surface area contributed by atoms with Crippen LogP contribution in [0.15, 0.2) is 58.2 Å². The average molecular weight is 475 g/mol. The maximum absolute atomic E-state index is 13.0. The summed E-state index contributed by atoms with van der Waals surface area (Å²) in [6, 6.07) is 11.9. The standard InChI is InChI=1S/C21H19F2N5O4S/c1-28(2)33(30,31)12-9-7-11(8-10-12)17-15(13-5-3-4-6-14(13)32-20(22)23)16-18(25-17)26-21(24)27-19(16)29/h3-10,20H,1-2H3,(H4,24,25,26,27,29). The number of hydrogen-bond donors (Lipinski definition) is 3. The molecule has 0 amide bonds. The maximum atomic E-state index is 13.0. The zero-order chi connectivity index (χ0) is 23.9. The van der Waals surface area contributed by atoms with Crippen LogP contribution in [0.5, 0.6) is 5.75 Å². The molecule has 0 spiro atoms. The van der Waals surface area contributed by atoms with Crippen LogP contribution in [0.3, 0.4) is 0 Å². The number of anilines is 1. The van der Waals surface area contributed by atoms with Gasteiger partial charge >= 0.3 is 6.61 Å². The molecule has 0 fully saturated rings. The van der Waals surface area contributed by atoms with E-state index >= 15 is 0 Å². The fourth-order valence-corrected chi connectivity index (χ4v) is 4.38. The van der Waals surface area contributed by atoms with Gasteiger partial charge in [0.15, 0.2) is 0 Å². The molecule has 12 heteroatoms. The van der Waals surface area contributed by atoms with Crippen molar-refractivity contribution in [1.82, 2.24) is 19.3 Å². The molecule has 2 aromatic carbocycles. The molecule has 0 aliphatic carbocycles. The molecule has 4 N–H and O–H groups in total. The molecule has 9 nitrogen and oxygen atoms in total. The molecule has 2 aromatic heterocycles. The Morgan fingerprint density at radius 1 is 1.06 bits per heavy atom. The Morgan fingerprint density at radius 2 is 1.73 bits per heavy atom. The van der Waals surface area contributed by atoms with Crippen molar-refractivity contribution in [1.29, 1.82) is 0 Å². The van der Waals surface area contributed by atoms with Crippen LogP contribution in [-0.2, 0) is 10.0 Å². The van der Waals surface area contributed by atoms with Gasteiger partial charge < -0.3 is 15.5 Å². The molecule has 0 saturated carbocycles. The fourth-order valence-electron chi connectivity index (χ4n) is 3.48. The van der Waals surface area contributed by atoms with Gasteiger partial charge in [0.05, 0.1) is 16.0 Å². The Kier molecular flexibility index (Phi) is 5.64. The summed E-state index contributed by atoms with van der Waals surface area (Å²) in [7, 11) is -0.823. The van der Waals surface area contributed by atoms with E-state index in [0.717, 1.165) is 4.31 Å².